The van der Waals surface area contributed by atoms with Crippen molar-refractivity contribution in [2.45, 2.75) is 13.8 Å². The summed E-state index contributed by atoms with van der Waals surface area (Å²) in [5.74, 6) is 0.791. The van der Waals surface area contributed by atoms with E-state index in [1.807, 2.05) is 19.9 Å². The topological polar surface area (TPSA) is 119 Å². The average molecular weight is 307 g/mol. The fraction of sp³-hybridized carbons (Fsp3) is 0.235. The smallest absolute Gasteiger partial charge is 0.147 e. The number of pyridine rings is 1. The van der Waals surface area contributed by atoms with Crippen molar-refractivity contribution in [2.75, 3.05) is 17.6 Å². The third-order valence-corrected chi connectivity index (χ3v) is 3.26. The summed E-state index contributed by atoms with van der Waals surface area (Å²) in [4.78, 5) is 4.15. The molecule has 0 aliphatic heterocycles. The first-order valence-electron chi connectivity index (χ1n) is 7.14. The lowest BCUT2D eigenvalue weighted by Crippen LogP contribution is -2.13. The summed E-state index contributed by atoms with van der Waals surface area (Å²) in [5, 5.41) is 31.7. The van der Waals surface area contributed by atoms with Crippen LogP contribution in [0.1, 0.15) is 25.0 Å². The zero-order valence-corrected chi connectivity index (χ0v) is 13.0. The molecule has 0 spiro atoms. The second kappa shape index (κ2) is 6.67. The third kappa shape index (κ3) is 3.33. The quantitative estimate of drug-likeness (QED) is 0.799. The van der Waals surface area contributed by atoms with Gasteiger partial charge in [0.05, 0.1) is 0 Å². The first-order valence-corrected chi connectivity index (χ1v) is 7.14. The highest BCUT2D eigenvalue weighted by Crippen LogP contribution is 2.35. The van der Waals surface area contributed by atoms with Crippen LogP contribution in [-0.4, -0.2) is 16.6 Å². The van der Waals surface area contributed by atoms with Gasteiger partial charge < -0.3 is 16.2 Å². The van der Waals surface area contributed by atoms with Gasteiger partial charge in [-0.1, -0.05) is 26.0 Å². The lowest BCUT2D eigenvalue weighted by molar-refractivity contribution is 0.475. The molecule has 0 fully saturated rings. The molecule has 6 heteroatoms. The Kier molecular flexibility index (Phi) is 4.68. The lowest BCUT2D eigenvalue weighted by Gasteiger charge is -2.15. The Morgan fingerprint density at radius 3 is 2.52 bits per heavy atom. The van der Waals surface area contributed by atoms with Crippen molar-refractivity contribution in [1.82, 2.24) is 4.98 Å². The predicted octanol–water partition coefficient (Wildman–Crippen LogP) is 2.85. The molecule has 0 bridgehead atoms. The molecule has 0 unspecified atom stereocenters. The van der Waals surface area contributed by atoms with Crippen LogP contribution < -0.4 is 11.1 Å². The number of rotatable bonds is 4. The SMILES string of the molecule is CC(C)CNc1nc(N)c(C#N)c(-c2cccc(O)c2)c1C#N. The van der Waals surface area contributed by atoms with Gasteiger partial charge in [-0.05, 0) is 23.6 Å². The molecule has 6 nitrogen and oxygen atoms in total. The van der Waals surface area contributed by atoms with Crippen LogP contribution >= 0.6 is 0 Å². The molecule has 0 saturated carbocycles. The van der Waals surface area contributed by atoms with E-state index in [0.29, 0.717) is 29.4 Å². The molecule has 0 radical (unpaired) electrons. The summed E-state index contributed by atoms with van der Waals surface area (Å²) in [6.07, 6.45) is 0. The Labute approximate surface area is 134 Å². The van der Waals surface area contributed by atoms with Crippen LogP contribution in [0, 0.1) is 28.6 Å². The number of hydrogen-bond acceptors (Lipinski definition) is 6. The number of phenols is 1. The maximum atomic E-state index is 9.69. The zero-order chi connectivity index (χ0) is 17.0. The van der Waals surface area contributed by atoms with Crippen LogP contribution in [-0.2, 0) is 0 Å². The summed E-state index contributed by atoms with van der Waals surface area (Å²) in [7, 11) is 0. The summed E-state index contributed by atoms with van der Waals surface area (Å²) >= 11 is 0. The van der Waals surface area contributed by atoms with E-state index in [1.54, 1.807) is 12.1 Å². The van der Waals surface area contributed by atoms with E-state index in [0.717, 1.165) is 0 Å². The summed E-state index contributed by atoms with van der Waals surface area (Å²) in [5.41, 5.74) is 7.18. The molecule has 0 saturated heterocycles. The van der Waals surface area contributed by atoms with Crippen molar-refractivity contribution in [2.24, 2.45) is 5.92 Å². The lowest BCUT2D eigenvalue weighted by atomic mass is 9.96. The Hall–Kier alpha value is -3.25. The van der Waals surface area contributed by atoms with Crippen LogP contribution in [0.2, 0.25) is 0 Å². The van der Waals surface area contributed by atoms with E-state index in [4.69, 9.17) is 5.73 Å². The molecule has 1 heterocycles. The molecule has 2 aromatic rings. The van der Waals surface area contributed by atoms with Gasteiger partial charge in [0.2, 0.25) is 0 Å². The number of nitrogens with two attached hydrogens (primary N) is 1. The monoisotopic (exact) mass is 307 g/mol. The van der Waals surface area contributed by atoms with Crippen molar-refractivity contribution in [3.8, 4) is 29.0 Å². The minimum absolute atomic E-state index is 0.0438. The Bertz CT molecular complexity index is 815. The van der Waals surface area contributed by atoms with E-state index >= 15 is 0 Å². The van der Waals surface area contributed by atoms with E-state index in [1.165, 1.54) is 12.1 Å². The molecule has 0 aliphatic rings. The molecule has 1 aromatic carbocycles. The number of benzene rings is 1. The maximum absolute atomic E-state index is 9.69. The Balaban J connectivity index is 2.72. The number of nitriles is 2. The van der Waals surface area contributed by atoms with E-state index in [2.05, 4.69) is 16.4 Å². The van der Waals surface area contributed by atoms with Gasteiger partial charge in [0, 0.05) is 12.1 Å². The Morgan fingerprint density at radius 2 is 1.96 bits per heavy atom. The Morgan fingerprint density at radius 1 is 1.26 bits per heavy atom. The fourth-order valence-electron chi connectivity index (χ4n) is 2.20. The normalized spacial score (nSPS) is 10.1. The third-order valence-electron chi connectivity index (χ3n) is 3.26. The van der Waals surface area contributed by atoms with Gasteiger partial charge in [-0.15, -0.1) is 0 Å². The number of anilines is 2. The molecule has 0 aliphatic carbocycles. The second-order valence-electron chi connectivity index (χ2n) is 5.52. The molecule has 23 heavy (non-hydrogen) atoms. The van der Waals surface area contributed by atoms with E-state index in [9.17, 15) is 15.6 Å². The average Bonchev–Trinajstić information content (AvgIpc) is 2.52. The van der Waals surface area contributed by atoms with Crippen molar-refractivity contribution in [3.05, 3.63) is 35.4 Å². The largest absolute Gasteiger partial charge is 0.508 e. The standard InChI is InChI=1S/C17H17N5O/c1-10(2)9-21-17-14(8-19)15(13(7-18)16(20)22-17)11-4-3-5-12(23)6-11/h3-6,10,23H,9H2,1-2H3,(H3,20,21,22). The van der Waals surface area contributed by atoms with E-state index in [-0.39, 0.29) is 22.7 Å². The highest BCUT2D eigenvalue weighted by atomic mass is 16.3. The fourth-order valence-corrected chi connectivity index (χ4v) is 2.20. The molecule has 2 rings (SSSR count). The molecular formula is C17H17N5O. The number of phenolic OH excluding ortho intramolecular Hbond substituents is 1. The first kappa shape index (κ1) is 16.1. The molecule has 4 N–H and O–H groups in total. The van der Waals surface area contributed by atoms with Crippen LogP contribution in [0.5, 0.6) is 5.75 Å². The van der Waals surface area contributed by atoms with E-state index < -0.39 is 0 Å². The van der Waals surface area contributed by atoms with Crippen LogP contribution in [0.4, 0.5) is 11.6 Å². The number of aromatic hydroxyl groups is 1. The number of nitrogens with one attached hydrogen (secondary N) is 1. The molecule has 116 valence electrons. The van der Waals surface area contributed by atoms with Crippen LogP contribution in [0.15, 0.2) is 24.3 Å². The van der Waals surface area contributed by atoms with Gasteiger partial charge in [-0.2, -0.15) is 10.5 Å². The van der Waals surface area contributed by atoms with Crippen LogP contribution in [0.25, 0.3) is 11.1 Å². The second-order valence-corrected chi connectivity index (χ2v) is 5.52. The first-order chi connectivity index (χ1) is 11.0. The zero-order valence-electron chi connectivity index (χ0n) is 13.0. The van der Waals surface area contributed by atoms with Gasteiger partial charge in [-0.3, -0.25) is 0 Å². The summed E-state index contributed by atoms with van der Waals surface area (Å²) in [6, 6.07) is 10.5. The van der Waals surface area contributed by atoms with Gasteiger partial charge in [0.1, 0.15) is 40.7 Å². The number of aromatic nitrogens is 1. The molecule has 1 aromatic heterocycles. The number of nitrogen functional groups attached to an aromatic ring is 1. The minimum atomic E-state index is 0.0438. The summed E-state index contributed by atoms with van der Waals surface area (Å²) < 4.78 is 0. The number of nitrogens with zero attached hydrogens (tertiary/aromatic N) is 3. The highest BCUT2D eigenvalue weighted by Gasteiger charge is 2.20. The van der Waals surface area contributed by atoms with Crippen molar-refractivity contribution in [3.63, 3.8) is 0 Å². The van der Waals surface area contributed by atoms with Crippen molar-refractivity contribution < 1.29 is 5.11 Å². The van der Waals surface area contributed by atoms with Crippen molar-refractivity contribution in [1.29, 1.82) is 10.5 Å². The van der Waals surface area contributed by atoms with Gasteiger partial charge in [-0.25, -0.2) is 4.98 Å². The van der Waals surface area contributed by atoms with Gasteiger partial charge >= 0.3 is 0 Å². The van der Waals surface area contributed by atoms with Crippen molar-refractivity contribution >= 4 is 11.6 Å². The molecule has 0 atom stereocenters. The summed E-state index contributed by atoms with van der Waals surface area (Å²) in [6.45, 7) is 4.68. The van der Waals surface area contributed by atoms with Crippen LogP contribution in [0.3, 0.4) is 0 Å². The van der Waals surface area contributed by atoms with Gasteiger partial charge in [0.15, 0.2) is 0 Å². The maximum Gasteiger partial charge on any atom is 0.147 e. The predicted molar refractivity (Wildman–Crippen MR) is 88.5 cm³/mol. The number of hydrogen-bond donors (Lipinski definition) is 3. The van der Waals surface area contributed by atoms with Gasteiger partial charge in [0.25, 0.3) is 0 Å². The molecular weight excluding hydrogens is 290 g/mol. The highest BCUT2D eigenvalue weighted by molar-refractivity contribution is 5.85. The minimum Gasteiger partial charge on any atom is -0.508 e. The molecule has 0 amide bonds.